The van der Waals surface area contributed by atoms with E-state index in [1.807, 2.05) is 40.7 Å². The minimum Gasteiger partial charge on any atom is -0.491 e. The monoisotopic (exact) mass is 309 g/mol. The van der Waals surface area contributed by atoms with Gasteiger partial charge in [0.15, 0.2) is 0 Å². The van der Waals surface area contributed by atoms with Crippen LogP contribution in [0.4, 0.5) is 0 Å². The predicted molar refractivity (Wildman–Crippen MR) is 86.6 cm³/mol. The Morgan fingerprint density at radius 2 is 1.91 bits per heavy atom. The normalized spacial score (nSPS) is 12.4. The van der Waals surface area contributed by atoms with Crippen LogP contribution in [0.15, 0.2) is 6.07 Å². The van der Waals surface area contributed by atoms with E-state index in [-0.39, 0.29) is 12.6 Å². The van der Waals surface area contributed by atoms with Crippen LogP contribution in [0.3, 0.4) is 0 Å². The lowest BCUT2D eigenvalue weighted by Crippen LogP contribution is -2.35. The molecule has 124 valence electrons. The molecule has 0 saturated carbocycles. The van der Waals surface area contributed by atoms with Gasteiger partial charge in [0.1, 0.15) is 24.2 Å². The van der Waals surface area contributed by atoms with Crippen LogP contribution in [0.5, 0.6) is 11.5 Å². The summed E-state index contributed by atoms with van der Waals surface area (Å²) in [5.41, 5.74) is 2.62. The Bertz CT molecular complexity index is 526. The Morgan fingerprint density at radius 3 is 2.45 bits per heavy atom. The Balaban J connectivity index is 2.78. The Kier molecular flexibility index (Phi) is 6.84. The molecular formula is C17H27NO4. The molecule has 1 atom stereocenters. The second-order valence-electron chi connectivity index (χ2n) is 5.89. The third-order valence-electron chi connectivity index (χ3n) is 3.42. The van der Waals surface area contributed by atoms with Crippen molar-refractivity contribution in [1.82, 2.24) is 5.32 Å². The topological polar surface area (TPSA) is 67.8 Å². The van der Waals surface area contributed by atoms with Crippen molar-refractivity contribution in [2.75, 3.05) is 13.2 Å². The minimum atomic E-state index is -0.574. The fourth-order valence-corrected chi connectivity index (χ4v) is 2.09. The lowest BCUT2D eigenvalue weighted by Gasteiger charge is -2.19. The first-order valence-corrected chi connectivity index (χ1v) is 7.55. The molecule has 2 N–H and O–H groups in total. The maximum absolute atomic E-state index is 11.2. The molecule has 0 aliphatic rings. The largest absolute Gasteiger partial charge is 0.491 e. The number of aliphatic hydroxyl groups is 1. The van der Waals surface area contributed by atoms with Gasteiger partial charge >= 0.3 is 5.97 Å². The first kappa shape index (κ1) is 18.5. The highest BCUT2D eigenvalue weighted by Gasteiger charge is 2.15. The Morgan fingerprint density at radius 1 is 1.27 bits per heavy atom. The molecule has 0 spiro atoms. The summed E-state index contributed by atoms with van der Waals surface area (Å²) in [6, 6.07) is 2.16. The Labute approximate surface area is 132 Å². The summed E-state index contributed by atoms with van der Waals surface area (Å²) in [5, 5.41) is 13.1. The molecule has 1 aromatic carbocycles. The standard InChI is InChI=1S/C17H27NO4/c1-10(2)18-8-15(20)9-21-16-7-11(3)17(22-14(6)19)13(5)12(16)4/h7,10,15,18,20H,8-9H2,1-6H3/t15-/m1/s1. The minimum absolute atomic E-state index is 0.215. The van der Waals surface area contributed by atoms with E-state index in [1.165, 1.54) is 6.92 Å². The average molecular weight is 309 g/mol. The highest BCUT2D eigenvalue weighted by molar-refractivity contribution is 5.71. The van der Waals surface area contributed by atoms with Crippen LogP contribution in [0, 0.1) is 20.8 Å². The zero-order chi connectivity index (χ0) is 16.9. The number of hydrogen-bond acceptors (Lipinski definition) is 5. The van der Waals surface area contributed by atoms with Crippen molar-refractivity contribution in [2.24, 2.45) is 0 Å². The van der Waals surface area contributed by atoms with Crippen molar-refractivity contribution in [3.05, 3.63) is 22.8 Å². The zero-order valence-corrected chi connectivity index (χ0v) is 14.3. The third kappa shape index (κ3) is 5.31. The molecule has 5 nitrogen and oxygen atoms in total. The number of nitrogens with one attached hydrogen (secondary N) is 1. The van der Waals surface area contributed by atoms with Gasteiger partial charge in [0.25, 0.3) is 0 Å². The van der Waals surface area contributed by atoms with Crippen LogP contribution in [-0.4, -0.2) is 36.4 Å². The number of carbonyl (C=O) groups excluding carboxylic acids is 1. The number of hydrogen-bond donors (Lipinski definition) is 2. The Hall–Kier alpha value is -1.59. The molecule has 1 aromatic rings. The number of benzene rings is 1. The quantitative estimate of drug-likeness (QED) is 0.597. The number of rotatable bonds is 7. The van der Waals surface area contributed by atoms with Crippen molar-refractivity contribution >= 4 is 5.97 Å². The van der Waals surface area contributed by atoms with Crippen molar-refractivity contribution in [3.63, 3.8) is 0 Å². The molecular weight excluding hydrogens is 282 g/mol. The van der Waals surface area contributed by atoms with E-state index in [0.29, 0.717) is 24.1 Å². The van der Waals surface area contributed by atoms with Gasteiger partial charge < -0.3 is 19.9 Å². The van der Waals surface area contributed by atoms with E-state index in [1.54, 1.807) is 0 Å². The molecule has 0 aliphatic heterocycles. The average Bonchev–Trinajstić information content (AvgIpc) is 2.43. The summed E-state index contributed by atoms with van der Waals surface area (Å²) < 4.78 is 11.0. The summed E-state index contributed by atoms with van der Waals surface area (Å²) in [4.78, 5) is 11.2. The smallest absolute Gasteiger partial charge is 0.308 e. The highest BCUT2D eigenvalue weighted by Crippen LogP contribution is 2.33. The fourth-order valence-electron chi connectivity index (χ4n) is 2.09. The number of aliphatic hydroxyl groups excluding tert-OH is 1. The van der Waals surface area contributed by atoms with Gasteiger partial charge in [0.05, 0.1) is 0 Å². The predicted octanol–water partition coefficient (Wildman–Crippen LogP) is 2.27. The van der Waals surface area contributed by atoms with Gasteiger partial charge in [-0.2, -0.15) is 0 Å². The van der Waals surface area contributed by atoms with Crippen LogP contribution in [0.1, 0.15) is 37.5 Å². The van der Waals surface area contributed by atoms with Crippen molar-refractivity contribution < 1.29 is 19.4 Å². The number of carbonyl (C=O) groups is 1. The molecule has 1 rings (SSSR count). The number of ether oxygens (including phenoxy) is 2. The van der Waals surface area contributed by atoms with E-state index in [0.717, 1.165) is 16.7 Å². The van der Waals surface area contributed by atoms with Gasteiger partial charge in [-0.3, -0.25) is 4.79 Å². The first-order chi connectivity index (χ1) is 10.2. The van der Waals surface area contributed by atoms with E-state index in [2.05, 4.69) is 5.32 Å². The van der Waals surface area contributed by atoms with E-state index in [4.69, 9.17) is 9.47 Å². The molecule has 0 saturated heterocycles. The summed E-state index contributed by atoms with van der Waals surface area (Å²) in [5.74, 6) is 0.948. The van der Waals surface area contributed by atoms with Crippen LogP contribution < -0.4 is 14.8 Å². The molecule has 0 heterocycles. The number of esters is 1. The molecule has 5 heteroatoms. The molecule has 0 unspecified atom stereocenters. The third-order valence-corrected chi connectivity index (χ3v) is 3.42. The summed E-state index contributed by atoms with van der Waals surface area (Å²) in [6.45, 7) is 11.8. The molecule has 22 heavy (non-hydrogen) atoms. The maximum Gasteiger partial charge on any atom is 0.308 e. The molecule has 0 radical (unpaired) electrons. The van der Waals surface area contributed by atoms with E-state index >= 15 is 0 Å². The van der Waals surface area contributed by atoms with Crippen LogP contribution in [-0.2, 0) is 4.79 Å². The van der Waals surface area contributed by atoms with Gasteiger partial charge in [0.2, 0.25) is 0 Å². The second kappa shape index (κ2) is 8.15. The highest BCUT2D eigenvalue weighted by atomic mass is 16.5. The lowest BCUT2D eigenvalue weighted by atomic mass is 10.0. The van der Waals surface area contributed by atoms with Gasteiger partial charge in [-0.1, -0.05) is 13.8 Å². The van der Waals surface area contributed by atoms with E-state index < -0.39 is 6.10 Å². The lowest BCUT2D eigenvalue weighted by molar-refractivity contribution is -0.131. The maximum atomic E-state index is 11.2. The molecule has 0 aliphatic carbocycles. The van der Waals surface area contributed by atoms with Gasteiger partial charge in [-0.15, -0.1) is 0 Å². The summed E-state index contributed by atoms with van der Waals surface area (Å²) in [6.07, 6.45) is -0.574. The van der Waals surface area contributed by atoms with Crippen LogP contribution in [0.2, 0.25) is 0 Å². The molecule has 0 amide bonds. The van der Waals surface area contributed by atoms with Gasteiger partial charge in [-0.25, -0.2) is 0 Å². The molecule has 0 bridgehead atoms. The van der Waals surface area contributed by atoms with Crippen molar-refractivity contribution in [3.8, 4) is 11.5 Å². The van der Waals surface area contributed by atoms with Crippen molar-refractivity contribution in [2.45, 2.75) is 53.7 Å². The first-order valence-electron chi connectivity index (χ1n) is 7.55. The van der Waals surface area contributed by atoms with Gasteiger partial charge in [0, 0.05) is 19.5 Å². The zero-order valence-electron chi connectivity index (χ0n) is 14.3. The number of aryl methyl sites for hydroxylation is 1. The summed E-state index contributed by atoms with van der Waals surface area (Å²) >= 11 is 0. The van der Waals surface area contributed by atoms with E-state index in [9.17, 15) is 9.90 Å². The van der Waals surface area contributed by atoms with Crippen LogP contribution >= 0.6 is 0 Å². The SMILES string of the molecule is CC(=O)Oc1c(C)cc(OC[C@H](O)CNC(C)C)c(C)c1C. The van der Waals surface area contributed by atoms with Crippen LogP contribution in [0.25, 0.3) is 0 Å². The molecule has 0 aromatic heterocycles. The fraction of sp³-hybridized carbons (Fsp3) is 0.588. The second-order valence-corrected chi connectivity index (χ2v) is 5.89. The van der Waals surface area contributed by atoms with Crippen molar-refractivity contribution in [1.29, 1.82) is 0 Å². The molecule has 0 fully saturated rings. The summed E-state index contributed by atoms with van der Waals surface area (Å²) in [7, 11) is 0. The van der Waals surface area contributed by atoms with Gasteiger partial charge in [-0.05, 0) is 43.5 Å².